The average molecular weight is 256 g/mol. The summed E-state index contributed by atoms with van der Waals surface area (Å²) in [4.78, 5) is 11.2. The number of rotatable bonds is 5. The van der Waals surface area contributed by atoms with Gasteiger partial charge >= 0.3 is 5.97 Å². The highest BCUT2D eigenvalue weighted by Crippen LogP contribution is 2.10. The van der Waals surface area contributed by atoms with Gasteiger partial charge in [0.05, 0.1) is 11.5 Å². The van der Waals surface area contributed by atoms with Gasteiger partial charge in [-0.05, 0) is 17.7 Å². The van der Waals surface area contributed by atoms with Crippen LogP contribution in [0.1, 0.15) is 18.9 Å². The lowest BCUT2D eigenvalue weighted by atomic mass is 10.2. The molecule has 0 atom stereocenters. The van der Waals surface area contributed by atoms with Crippen LogP contribution < -0.4 is 0 Å². The summed E-state index contributed by atoms with van der Waals surface area (Å²) in [7, 11) is -3.14. The molecule has 0 aromatic heterocycles. The Morgan fingerprint density at radius 3 is 2.29 bits per heavy atom. The highest BCUT2D eigenvalue weighted by atomic mass is 32.2. The predicted molar refractivity (Wildman–Crippen MR) is 64.5 cm³/mol. The van der Waals surface area contributed by atoms with Crippen molar-refractivity contribution in [3.8, 4) is 0 Å². The number of carbonyl (C=O) groups excluding carboxylic acids is 1. The molecule has 0 aliphatic rings. The van der Waals surface area contributed by atoms with Gasteiger partial charge in [0.25, 0.3) is 0 Å². The fourth-order valence-corrected chi connectivity index (χ4v) is 1.92. The zero-order valence-corrected chi connectivity index (χ0v) is 10.8. The summed E-state index contributed by atoms with van der Waals surface area (Å²) in [5.74, 6) is -0.224. The zero-order valence-electron chi connectivity index (χ0n) is 9.97. The van der Waals surface area contributed by atoms with Crippen molar-refractivity contribution < 1.29 is 17.9 Å². The molecule has 0 fully saturated rings. The van der Waals surface area contributed by atoms with Crippen LogP contribution in [0.5, 0.6) is 0 Å². The molecule has 94 valence electrons. The number of hydrogen-bond donors (Lipinski definition) is 0. The maximum absolute atomic E-state index is 11.2. The minimum absolute atomic E-state index is 0.224. The number of benzene rings is 1. The Kier molecular flexibility index (Phi) is 4.69. The van der Waals surface area contributed by atoms with Gasteiger partial charge in [-0.2, -0.15) is 0 Å². The number of esters is 1. The lowest BCUT2D eigenvalue weighted by Gasteiger charge is -2.04. The molecule has 0 aliphatic carbocycles. The molecule has 0 unspecified atom stereocenters. The fraction of sp³-hybridized carbons (Fsp3) is 0.417. The van der Waals surface area contributed by atoms with E-state index < -0.39 is 9.84 Å². The van der Waals surface area contributed by atoms with Crippen LogP contribution in [0.4, 0.5) is 0 Å². The van der Waals surface area contributed by atoms with E-state index in [-0.39, 0.29) is 5.97 Å². The molecule has 0 N–H and O–H groups in total. The van der Waals surface area contributed by atoms with E-state index in [1.165, 1.54) is 6.26 Å². The quantitative estimate of drug-likeness (QED) is 0.750. The number of hydrogen-bond acceptors (Lipinski definition) is 4. The second-order valence-corrected chi connectivity index (χ2v) is 5.76. The van der Waals surface area contributed by atoms with Crippen molar-refractivity contribution in [1.29, 1.82) is 0 Å². The van der Waals surface area contributed by atoms with Crippen molar-refractivity contribution in [3.05, 3.63) is 29.8 Å². The summed E-state index contributed by atoms with van der Waals surface area (Å²) >= 11 is 0. The average Bonchev–Trinajstić information content (AvgIpc) is 2.28. The first-order valence-corrected chi connectivity index (χ1v) is 7.27. The predicted octanol–water partition coefficient (Wildman–Crippen LogP) is 1.59. The van der Waals surface area contributed by atoms with Crippen molar-refractivity contribution in [2.45, 2.75) is 24.7 Å². The summed E-state index contributed by atoms with van der Waals surface area (Å²) in [6.07, 6.45) is 2.13. The van der Waals surface area contributed by atoms with Crippen LogP contribution in [-0.2, 0) is 25.8 Å². The lowest BCUT2D eigenvalue weighted by Crippen LogP contribution is -2.06. The van der Waals surface area contributed by atoms with E-state index in [1.807, 2.05) is 0 Å². The summed E-state index contributed by atoms with van der Waals surface area (Å²) in [6.45, 7) is 2.06. The minimum atomic E-state index is -3.14. The van der Waals surface area contributed by atoms with Gasteiger partial charge in [-0.3, -0.25) is 4.79 Å². The molecule has 0 spiro atoms. The van der Waals surface area contributed by atoms with E-state index in [1.54, 1.807) is 31.2 Å². The Morgan fingerprint density at radius 2 is 1.82 bits per heavy atom. The number of sulfone groups is 1. The molecule has 17 heavy (non-hydrogen) atoms. The van der Waals surface area contributed by atoms with Crippen molar-refractivity contribution in [2.75, 3.05) is 12.9 Å². The molecule has 5 heteroatoms. The van der Waals surface area contributed by atoms with E-state index in [4.69, 9.17) is 4.74 Å². The SMILES string of the molecule is CCC(=O)OCCc1ccc(S(C)(=O)=O)cc1. The topological polar surface area (TPSA) is 60.4 Å². The van der Waals surface area contributed by atoms with E-state index in [0.29, 0.717) is 24.3 Å². The Labute approximate surface area is 102 Å². The van der Waals surface area contributed by atoms with Crippen LogP contribution in [0.3, 0.4) is 0 Å². The molecule has 0 saturated heterocycles. The Morgan fingerprint density at radius 1 is 1.24 bits per heavy atom. The first kappa shape index (κ1) is 13.7. The van der Waals surface area contributed by atoms with E-state index >= 15 is 0 Å². The molecule has 0 aliphatic heterocycles. The van der Waals surface area contributed by atoms with Crippen molar-refractivity contribution >= 4 is 15.8 Å². The molecule has 4 nitrogen and oxygen atoms in total. The first-order chi connectivity index (χ1) is 7.93. The van der Waals surface area contributed by atoms with Crippen LogP contribution >= 0.6 is 0 Å². The van der Waals surface area contributed by atoms with Crippen molar-refractivity contribution in [2.24, 2.45) is 0 Å². The molecular weight excluding hydrogens is 240 g/mol. The zero-order chi connectivity index (χ0) is 12.9. The van der Waals surface area contributed by atoms with Crippen LogP contribution in [0.25, 0.3) is 0 Å². The smallest absolute Gasteiger partial charge is 0.305 e. The Hall–Kier alpha value is -1.36. The van der Waals surface area contributed by atoms with Gasteiger partial charge in [-0.15, -0.1) is 0 Å². The Bertz CT molecular complexity index is 474. The van der Waals surface area contributed by atoms with Crippen LogP contribution in [0, 0.1) is 0 Å². The van der Waals surface area contributed by atoms with Gasteiger partial charge in [-0.1, -0.05) is 19.1 Å². The first-order valence-electron chi connectivity index (χ1n) is 5.38. The lowest BCUT2D eigenvalue weighted by molar-refractivity contribution is -0.143. The van der Waals surface area contributed by atoms with Crippen molar-refractivity contribution in [1.82, 2.24) is 0 Å². The summed E-state index contributed by atoms with van der Waals surface area (Å²) in [6, 6.07) is 6.59. The molecule has 1 aromatic rings. The standard InChI is InChI=1S/C12H16O4S/c1-3-12(13)16-9-8-10-4-6-11(7-5-10)17(2,14)15/h4-7H,3,8-9H2,1-2H3. The maximum atomic E-state index is 11.2. The molecule has 1 rings (SSSR count). The fourth-order valence-electron chi connectivity index (χ4n) is 1.29. The third-order valence-corrected chi connectivity index (χ3v) is 3.42. The van der Waals surface area contributed by atoms with E-state index in [0.717, 1.165) is 5.56 Å². The normalized spacial score (nSPS) is 11.2. The number of carbonyl (C=O) groups is 1. The highest BCUT2D eigenvalue weighted by Gasteiger charge is 2.06. The highest BCUT2D eigenvalue weighted by molar-refractivity contribution is 7.90. The third-order valence-electron chi connectivity index (χ3n) is 2.29. The molecule has 0 saturated carbocycles. The van der Waals surface area contributed by atoms with E-state index in [2.05, 4.69) is 0 Å². The summed E-state index contributed by atoms with van der Waals surface area (Å²) < 4.78 is 27.4. The molecule has 0 heterocycles. The van der Waals surface area contributed by atoms with Gasteiger partial charge in [0.1, 0.15) is 0 Å². The van der Waals surface area contributed by atoms with Crippen LogP contribution in [-0.4, -0.2) is 27.2 Å². The van der Waals surface area contributed by atoms with Gasteiger partial charge in [0.2, 0.25) is 0 Å². The van der Waals surface area contributed by atoms with Gasteiger partial charge < -0.3 is 4.74 Å². The monoisotopic (exact) mass is 256 g/mol. The third kappa shape index (κ3) is 4.56. The van der Waals surface area contributed by atoms with Crippen molar-refractivity contribution in [3.63, 3.8) is 0 Å². The molecule has 0 bridgehead atoms. The molecular formula is C12H16O4S. The van der Waals surface area contributed by atoms with Gasteiger partial charge in [0, 0.05) is 19.1 Å². The van der Waals surface area contributed by atoms with Gasteiger partial charge in [-0.25, -0.2) is 8.42 Å². The second-order valence-electron chi connectivity index (χ2n) is 3.74. The Balaban J connectivity index is 2.55. The molecule has 0 radical (unpaired) electrons. The largest absolute Gasteiger partial charge is 0.465 e. The van der Waals surface area contributed by atoms with Crippen LogP contribution in [0.15, 0.2) is 29.2 Å². The maximum Gasteiger partial charge on any atom is 0.305 e. The molecule has 1 aromatic carbocycles. The summed E-state index contributed by atoms with van der Waals surface area (Å²) in [5, 5.41) is 0. The van der Waals surface area contributed by atoms with E-state index in [9.17, 15) is 13.2 Å². The van der Waals surface area contributed by atoms with Gasteiger partial charge in [0.15, 0.2) is 9.84 Å². The van der Waals surface area contributed by atoms with Crippen LogP contribution in [0.2, 0.25) is 0 Å². The molecule has 0 amide bonds. The second kappa shape index (κ2) is 5.82. The summed E-state index contributed by atoms with van der Waals surface area (Å²) in [5.41, 5.74) is 0.946. The number of ether oxygens (including phenoxy) is 1. The minimum Gasteiger partial charge on any atom is -0.465 e.